The van der Waals surface area contributed by atoms with E-state index in [9.17, 15) is 4.79 Å². The number of carbonyl (C=O) groups excluding carboxylic acids is 1. The number of amides is 1. The summed E-state index contributed by atoms with van der Waals surface area (Å²) in [6, 6.07) is 0. The highest BCUT2D eigenvalue weighted by molar-refractivity contribution is 5.86. The van der Waals surface area contributed by atoms with Crippen molar-refractivity contribution >= 4 is 11.7 Å². The molecule has 0 aromatic carbocycles. The number of ether oxygens (including phenoxy) is 1. The van der Waals surface area contributed by atoms with Crippen LogP contribution in [0.4, 0.5) is 0 Å². The van der Waals surface area contributed by atoms with E-state index in [0.717, 1.165) is 6.42 Å². The number of hydrogen-bond donors (Lipinski definition) is 2. The first-order valence-electron chi connectivity index (χ1n) is 5.48. The van der Waals surface area contributed by atoms with Gasteiger partial charge in [0.1, 0.15) is 6.10 Å². The summed E-state index contributed by atoms with van der Waals surface area (Å²) in [5, 5.41) is 11.4. The van der Waals surface area contributed by atoms with Crippen molar-refractivity contribution in [2.75, 3.05) is 19.7 Å². The molecule has 6 nitrogen and oxygen atoms in total. The normalized spacial score (nSPS) is 24.2. The zero-order valence-electron chi connectivity index (χ0n) is 9.72. The molecule has 16 heavy (non-hydrogen) atoms. The Morgan fingerprint density at radius 1 is 1.75 bits per heavy atom. The summed E-state index contributed by atoms with van der Waals surface area (Å²) >= 11 is 0. The second-order valence-electron chi connectivity index (χ2n) is 3.98. The van der Waals surface area contributed by atoms with Crippen LogP contribution in [0.1, 0.15) is 20.3 Å². The zero-order valence-corrected chi connectivity index (χ0v) is 9.72. The van der Waals surface area contributed by atoms with E-state index < -0.39 is 6.10 Å². The number of oxime groups is 1. The van der Waals surface area contributed by atoms with Crippen LogP contribution >= 0.6 is 0 Å². The van der Waals surface area contributed by atoms with Crippen molar-refractivity contribution in [1.82, 2.24) is 4.90 Å². The van der Waals surface area contributed by atoms with Gasteiger partial charge in [0.15, 0.2) is 5.84 Å². The lowest BCUT2D eigenvalue weighted by atomic mass is 10.1. The van der Waals surface area contributed by atoms with Gasteiger partial charge in [-0.15, -0.1) is 0 Å². The molecule has 2 unspecified atom stereocenters. The highest BCUT2D eigenvalue weighted by Crippen LogP contribution is 2.11. The fourth-order valence-corrected chi connectivity index (χ4v) is 1.58. The largest absolute Gasteiger partial charge is 0.409 e. The van der Waals surface area contributed by atoms with Gasteiger partial charge in [-0.1, -0.05) is 19.0 Å². The zero-order chi connectivity index (χ0) is 12.1. The van der Waals surface area contributed by atoms with Gasteiger partial charge in [0, 0.05) is 12.5 Å². The first kappa shape index (κ1) is 12.8. The third-order valence-electron chi connectivity index (χ3n) is 2.86. The molecule has 1 saturated heterocycles. The predicted octanol–water partition coefficient (Wildman–Crippen LogP) is 0.00630. The number of nitrogens with two attached hydrogens (primary N) is 1. The molecule has 0 spiro atoms. The molecule has 1 heterocycles. The number of hydrogen-bond acceptors (Lipinski definition) is 4. The van der Waals surface area contributed by atoms with Crippen molar-refractivity contribution in [2.24, 2.45) is 16.8 Å². The highest BCUT2D eigenvalue weighted by atomic mass is 16.5. The highest BCUT2D eigenvalue weighted by Gasteiger charge is 2.28. The Labute approximate surface area is 95.0 Å². The summed E-state index contributed by atoms with van der Waals surface area (Å²) in [4.78, 5) is 13.6. The molecule has 92 valence electrons. The lowest BCUT2D eigenvalue weighted by molar-refractivity contribution is -0.140. The molecule has 2 atom stereocenters. The molecule has 0 aromatic heterocycles. The molecule has 1 aliphatic heterocycles. The molecule has 0 aliphatic carbocycles. The van der Waals surface area contributed by atoms with Crippen molar-refractivity contribution in [2.45, 2.75) is 26.4 Å². The molecule has 1 amide bonds. The minimum Gasteiger partial charge on any atom is -0.409 e. The smallest absolute Gasteiger partial charge is 0.225 e. The van der Waals surface area contributed by atoms with Crippen LogP contribution in [-0.2, 0) is 9.53 Å². The maximum absolute atomic E-state index is 11.9. The number of amidine groups is 1. The maximum atomic E-state index is 11.9. The van der Waals surface area contributed by atoms with E-state index in [-0.39, 0.29) is 17.7 Å². The standard InChI is InChI=1S/C10H19N3O3/c1-3-7(2)10(14)13-4-5-16-8(6-13)9(11)12-15/h7-8,15H,3-6H2,1-2H3,(H2,11,12). The van der Waals surface area contributed by atoms with E-state index in [1.54, 1.807) is 4.90 Å². The number of carbonyl (C=O) groups is 1. The van der Waals surface area contributed by atoms with Crippen LogP contribution in [0.2, 0.25) is 0 Å². The lowest BCUT2D eigenvalue weighted by Gasteiger charge is -2.33. The summed E-state index contributed by atoms with van der Waals surface area (Å²) < 4.78 is 5.31. The van der Waals surface area contributed by atoms with E-state index in [0.29, 0.717) is 19.7 Å². The van der Waals surface area contributed by atoms with Crippen LogP contribution in [0.25, 0.3) is 0 Å². The first-order valence-corrected chi connectivity index (χ1v) is 5.48. The summed E-state index contributed by atoms with van der Waals surface area (Å²) in [6.45, 7) is 5.22. The number of rotatable bonds is 3. The van der Waals surface area contributed by atoms with E-state index in [4.69, 9.17) is 15.7 Å². The molecular weight excluding hydrogens is 210 g/mol. The van der Waals surface area contributed by atoms with Crippen molar-refractivity contribution in [3.8, 4) is 0 Å². The Hall–Kier alpha value is -1.30. The molecule has 1 aliphatic rings. The molecule has 1 rings (SSSR count). The van der Waals surface area contributed by atoms with Crippen LogP contribution in [0.15, 0.2) is 5.16 Å². The Morgan fingerprint density at radius 2 is 2.44 bits per heavy atom. The van der Waals surface area contributed by atoms with Gasteiger partial charge in [0.25, 0.3) is 0 Å². The van der Waals surface area contributed by atoms with Crippen LogP contribution in [0.5, 0.6) is 0 Å². The summed E-state index contributed by atoms with van der Waals surface area (Å²) in [7, 11) is 0. The molecule has 1 fully saturated rings. The van der Waals surface area contributed by atoms with Gasteiger partial charge < -0.3 is 20.6 Å². The van der Waals surface area contributed by atoms with Crippen LogP contribution < -0.4 is 5.73 Å². The van der Waals surface area contributed by atoms with Gasteiger partial charge in [-0.3, -0.25) is 4.79 Å². The quantitative estimate of drug-likeness (QED) is 0.309. The topological polar surface area (TPSA) is 88.2 Å². The first-order chi connectivity index (χ1) is 7.60. The SMILES string of the molecule is CCC(C)C(=O)N1CCOC(C(N)=NO)C1. The van der Waals surface area contributed by atoms with Gasteiger partial charge in [0.05, 0.1) is 13.2 Å². The second-order valence-corrected chi connectivity index (χ2v) is 3.98. The minimum absolute atomic E-state index is 0.00559. The minimum atomic E-state index is -0.494. The maximum Gasteiger partial charge on any atom is 0.225 e. The van der Waals surface area contributed by atoms with Crippen LogP contribution in [-0.4, -0.2) is 47.7 Å². The van der Waals surface area contributed by atoms with E-state index in [1.165, 1.54) is 0 Å². The molecule has 3 N–H and O–H groups in total. The third kappa shape index (κ3) is 2.85. The predicted molar refractivity (Wildman–Crippen MR) is 59.2 cm³/mol. The molecule has 0 radical (unpaired) electrons. The van der Waals surface area contributed by atoms with Crippen molar-refractivity contribution < 1.29 is 14.7 Å². The van der Waals surface area contributed by atoms with Crippen LogP contribution in [0, 0.1) is 5.92 Å². The molecular formula is C10H19N3O3. The average molecular weight is 229 g/mol. The molecule has 0 bridgehead atoms. The van der Waals surface area contributed by atoms with Gasteiger partial charge in [-0.25, -0.2) is 0 Å². The number of nitrogens with zero attached hydrogens (tertiary/aromatic N) is 2. The van der Waals surface area contributed by atoms with Crippen LogP contribution in [0.3, 0.4) is 0 Å². The van der Waals surface area contributed by atoms with E-state index >= 15 is 0 Å². The van der Waals surface area contributed by atoms with Crippen molar-refractivity contribution in [1.29, 1.82) is 0 Å². The summed E-state index contributed by atoms with van der Waals surface area (Å²) in [6.07, 6.45) is 0.316. The van der Waals surface area contributed by atoms with Gasteiger partial charge in [-0.05, 0) is 6.42 Å². The summed E-state index contributed by atoms with van der Waals surface area (Å²) in [5.41, 5.74) is 5.46. The van der Waals surface area contributed by atoms with Crippen molar-refractivity contribution in [3.05, 3.63) is 0 Å². The summed E-state index contributed by atoms with van der Waals surface area (Å²) in [5.74, 6) is 0.120. The van der Waals surface area contributed by atoms with E-state index in [1.807, 2.05) is 13.8 Å². The monoisotopic (exact) mass is 229 g/mol. The molecule has 0 aromatic rings. The third-order valence-corrected chi connectivity index (χ3v) is 2.86. The second kappa shape index (κ2) is 5.69. The fraction of sp³-hybridized carbons (Fsp3) is 0.800. The van der Waals surface area contributed by atoms with Gasteiger partial charge >= 0.3 is 0 Å². The fourth-order valence-electron chi connectivity index (χ4n) is 1.58. The lowest BCUT2D eigenvalue weighted by Crippen LogP contribution is -2.51. The Morgan fingerprint density at radius 3 is 3.00 bits per heavy atom. The molecule has 6 heteroatoms. The Bertz CT molecular complexity index is 280. The van der Waals surface area contributed by atoms with Gasteiger partial charge in [-0.2, -0.15) is 0 Å². The van der Waals surface area contributed by atoms with Crippen molar-refractivity contribution in [3.63, 3.8) is 0 Å². The molecule has 0 saturated carbocycles. The Balaban J connectivity index is 2.60. The Kier molecular flexibility index (Phi) is 4.54. The van der Waals surface area contributed by atoms with Gasteiger partial charge in [0.2, 0.25) is 5.91 Å². The van der Waals surface area contributed by atoms with E-state index in [2.05, 4.69) is 5.16 Å². The number of morpholine rings is 1. The average Bonchev–Trinajstić information content (AvgIpc) is 2.36.